The molecule has 0 aromatic heterocycles. The monoisotopic (exact) mass is 285 g/mol. The molecule has 1 rings (SSSR count). The Morgan fingerprint density at radius 1 is 1.25 bits per heavy atom. The summed E-state index contributed by atoms with van der Waals surface area (Å²) < 4.78 is 0. The highest BCUT2D eigenvalue weighted by molar-refractivity contribution is 5.79. The minimum Gasteiger partial charge on any atom is -0.341 e. The van der Waals surface area contributed by atoms with Crippen molar-refractivity contribution in [2.45, 2.75) is 47.6 Å². The van der Waals surface area contributed by atoms with Gasteiger partial charge < -0.3 is 4.90 Å². The largest absolute Gasteiger partial charge is 0.341 e. The fourth-order valence-corrected chi connectivity index (χ4v) is 2.39. The van der Waals surface area contributed by atoms with Gasteiger partial charge in [-0.1, -0.05) is 27.7 Å². The first-order chi connectivity index (χ1) is 9.43. The highest BCUT2D eigenvalue weighted by atomic mass is 16.2. The van der Waals surface area contributed by atoms with Gasteiger partial charge in [0.1, 0.15) is 0 Å². The fraction of sp³-hybridized carbons (Fsp3) is 0.938. The van der Waals surface area contributed by atoms with E-state index in [1.165, 1.54) is 0 Å². The van der Waals surface area contributed by atoms with Crippen LogP contribution in [0.1, 0.15) is 41.5 Å². The summed E-state index contributed by atoms with van der Waals surface area (Å²) >= 11 is 0. The molecular formula is C16H35N3O. The molecule has 0 aromatic rings. The van der Waals surface area contributed by atoms with Gasteiger partial charge >= 0.3 is 0 Å². The summed E-state index contributed by atoms with van der Waals surface area (Å²) in [7, 11) is 2.04. The second-order valence-corrected chi connectivity index (χ2v) is 5.86. The standard InChI is InChI=1S/C14H29N3O.C2H6/c1-6-16(12(2)3)8-7-15(5)11-14(18)17-9-13(4)10-17;1-2/h12-13H,6-11H2,1-5H3;1-2H3. The lowest BCUT2D eigenvalue weighted by molar-refractivity contribution is -0.138. The van der Waals surface area contributed by atoms with E-state index in [0.717, 1.165) is 32.7 Å². The highest BCUT2D eigenvalue weighted by Crippen LogP contribution is 2.14. The molecule has 0 unspecified atom stereocenters. The first-order valence-corrected chi connectivity index (χ1v) is 8.14. The SMILES string of the molecule is CC.CCN(CCN(C)CC(=O)N1CC(C)C1)C(C)C. The quantitative estimate of drug-likeness (QED) is 0.717. The zero-order valence-corrected chi connectivity index (χ0v) is 14.6. The maximum absolute atomic E-state index is 11.9. The number of hydrogen-bond acceptors (Lipinski definition) is 3. The van der Waals surface area contributed by atoms with Crippen LogP contribution in [0.15, 0.2) is 0 Å². The zero-order valence-electron chi connectivity index (χ0n) is 14.6. The van der Waals surface area contributed by atoms with Crippen molar-refractivity contribution in [1.29, 1.82) is 0 Å². The number of likely N-dealkylation sites (tertiary alicyclic amines) is 1. The van der Waals surface area contributed by atoms with Crippen LogP contribution in [-0.2, 0) is 4.79 Å². The number of likely N-dealkylation sites (N-methyl/N-ethyl adjacent to an activating group) is 2. The van der Waals surface area contributed by atoms with Crippen LogP contribution in [0, 0.1) is 5.92 Å². The van der Waals surface area contributed by atoms with Gasteiger partial charge in [-0.2, -0.15) is 0 Å². The third-order valence-electron chi connectivity index (χ3n) is 3.73. The van der Waals surface area contributed by atoms with E-state index in [1.54, 1.807) is 0 Å². The Morgan fingerprint density at radius 3 is 2.20 bits per heavy atom. The van der Waals surface area contributed by atoms with Crippen LogP contribution in [0.25, 0.3) is 0 Å². The molecule has 1 amide bonds. The van der Waals surface area contributed by atoms with Gasteiger partial charge in [-0.05, 0) is 33.4 Å². The Labute approximate surface area is 126 Å². The number of rotatable bonds is 7. The Hall–Kier alpha value is -0.610. The molecule has 4 heteroatoms. The van der Waals surface area contributed by atoms with E-state index in [-0.39, 0.29) is 5.91 Å². The highest BCUT2D eigenvalue weighted by Gasteiger charge is 2.27. The van der Waals surface area contributed by atoms with Gasteiger partial charge in [0.05, 0.1) is 6.54 Å². The summed E-state index contributed by atoms with van der Waals surface area (Å²) in [4.78, 5) is 18.4. The lowest BCUT2D eigenvalue weighted by atomic mass is 10.0. The molecule has 0 atom stereocenters. The molecule has 0 bridgehead atoms. The third kappa shape index (κ3) is 6.71. The van der Waals surface area contributed by atoms with Gasteiger partial charge in [0, 0.05) is 32.2 Å². The molecule has 20 heavy (non-hydrogen) atoms. The topological polar surface area (TPSA) is 26.8 Å². The Balaban J connectivity index is 0.00000172. The van der Waals surface area contributed by atoms with Crippen LogP contribution < -0.4 is 0 Å². The molecule has 1 fully saturated rings. The van der Waals surface area contributed by atoms with Gasteiger partial charge in [0.25, 0.3) is 0 Å². The molecule has 1 saturated heterocycles. The van der Waals surface area contributed by atoms with Crippen molar-refractivity contribution in [2.24, 2.45) is 5.92 Å². The van der Waals surface area contributed by atoms with Gasteiger partial charge in [0.2, 0.25) is 5.91 Å². The normalized spacial score (nSPS) is 15.4. The predicted octanol–water partition coefficient (Wildman–Crippen LogP) is 2.15. The Morgan fingerprint density at radius 2 is 1.80 bits per heavy atom. The molecule has 0 N–H and O–H groups in total. The third-order valence-corrected chi connectivity index (χ3v) is 3.73. The second kappa shape index (κ2) is 10.2. The molecule has 0 spiro atoms. The maximum atomic E-state index is 11.9. The molecular weight excluding hydrogens is 250 g/mol. The first-order valence-electron chi connectivity index (χ1n) is 8.14. The minimum absolute atomic E-state index is 0.281. The van der Waals surface area contributed by atoms with Gasteiger partial charge in [-0.15, -0.1) is 0 Å². The molecule has 0 saturated carbocycles. The average Bonchev–Trinajstić information content (AvgIpc) is 2.37. The van der Waals surface area contributed by atoms with Crippen LogP contribution in [-0.4, -0.2) is 73.0 Å². The van der Waals surface area contributed by atoms with Gasteiger partial charge in [-0.25, -0.2) is 0 Å². The minimum atomic E-state index is 0.281. The molecule has 1 aliphatic rings. The number of nitrogens with zero attached hydrogens (tertiary/aromatic N) is 3. The molecule has 0 aliphatic carbocycles. The van der Waals surface area contributed by atoms with E-state index in [1.807, 2.05) is 25.8 Å². The number of amides is 1. The van der Waals surface area contributed by atoms with Crippen molar-refractivity contribution in [3.63, 3.8) is 0 Å². The zero-order chi connectivity index (χ0) is 15.7. The van der Waals surface area contributed by atoms with Crippen LogP contribution in [0.5, 0.6) is 0 Å². The van der Waals surface area contributed by atoms with Crippen LogP contribution in [0.4, 0.5) is 0 Å². The van der Waals surface area contributed by atoms with E-state index >= 15 is 0 Å². The van der Waals surface area contributed by atoms with E-state index in [9.17, 15) is 4.79 Å². The van der Waals surface area contributed by atoms with Crippen molar-refractivity contribution in [2.75, 3.05) is 46.3 Å². The summed E-state index contributed by atoms with van der Waals surface area (Å²) in [5.41, 5.74) is 0. The molecule has 1 aliphatic heterocycles. The Kier molecular flexibility index (Phi) is 9.86. The van der Waals surface area contributed by atoms with E-state index in [4.69, 9.17) is 0 Å². The van der Waals surface area contributed by atoms with Crippen molar-refractivity contribution in [3.05, 3.63) is 0 Å². The lowest BCUT2D eigenvalue weighted by Crippen LogP contribution is -2.52. The van der Waals surface area contributed by atoms with Crippen molar-refractivity contribution >= 4 is 5.91 Å². The summed E-state index contributed by atoms with van der Waals surface area (Å²) in [6.45, 7) is 18.3. The van der Waals surface area contributed by atoms with Crippen molar-refractivity contribution in [3.8, 4) is 0 Å². The Bertz CT molecular complexity index is 262. The van der Waals surface area contributed by atoms with Crippen LogP contribution in [0.2, 0.25) is 0 Å². The van der Waals surface area contributed by atoms with E-state index in [2.05, 4.69) is 37.5 Å². The predicted molar refractivity (Wildman–Crippen MR) is 87.0 cm³/mol. The average molecular weight is 285 g/mol. The van der Waals surface area contributed by atoms with E-state index in [0.29, 0.717) is 18.5 Å². The summed E-state index contributed by atoms with van der Waals surface area (Å²) in [5.74, 6) is 0.971. The van der Waals surface area contributed by atoms with Crippen LogP contribution in [0.3, 0.4) is 0 Å². The number of carbonyl (C=O) groups is 1. The molecule has 4 nitrogen and oxygen atoms in total. The van der Waals surface area contributed by atoms with Crippen LogP contribution >= 0.6 is 0 Å². The van der Waals surface area contributed by atoms with Gasteiger partial charge in [-0.3, -0.25) is 14.6 Å². The molecule has 0 aromatic carbocycles. The maximum Gasteiger partial charge on any atom is 0.236 e. The summed E-state index contributed by atoms with van der Waals surface area (Å²) in [6.07, 6.45) is 0. The number of hydrogen-bond donors (Lipinski definition) is 0. The number of carbonyl (C=O) groups excluding carboxylic acids is 1. The summed E-state index contributed by atoms with van der Waals surface area (Å²) in [5, 5.41) is 0. The smallest absolute Gasteiger partial charge is 0.236 e. The first kappa shape index (κ1) is 19.4. The lowest BCUT2D eigenvalue weighted by Gasteiger charge is -2.38. The second-order valence-electron chi connectivity index (χ2n) is 5.86. The van der Waals surface area contributed by atoms with Gasteiger partial charge in [0.15, 0.2) is 0 Å². The molecule has 120 valence electrons. The fourth-order valence-electron chi connectivity index (χ4n) is 2.39. The summed E-state index contributed by atoms with van der Waals surface area (Å²) in [6, 6.07) is 0.579. The molecule has 0 radical (unpaired) electrons. The van der Waals surface area contributed by atoms with E-state index < -0.39 is 0 Å². The molecule has 1 heterocycles. The van der Waals surface area contributed by atoms with Crippen molar-refractivity contribution < 1.29 is 4.79 Å². The van der Waals surface area contributed by atoms with Crippen molar-refractivity contribution in [1.82, 2.24) is 14.7 Å².